The standard InChI is InChI=1S/C13H20F3N5/c1-4-17-12-18-10(13(14,15)16)7-11(19-12)21-6-5-20(3)9(2)8-21/h7,9H,4-6,8H2,1-3H3,(H,17,18,19). The minimum Gasteiger partial charge on any atom is -0.354 e. The summed E-state index contributed by atoms with van der Waals surface area (Å²) in [4.78, 5) is 11.8. The number of nitrogens with one attached hydrogen (secondary N) is 1. The molecular weight excluding hydrogens is 283 g/mol. The van der Waals surface area contributed by atoms with Crippen LogP contribution in [-0.4, -0.2) is 54.1 Å². The maximum absolute atomic E-state index is 12.9. The van der Waals surface area contributed by atoms with Crippen LogP contribution >= 0.6 is 0 Å². The van der Waals surface area contributed by atoms with Gasteiger partial charge in [-0.15, -0.1) is 0 Å². The highest BCUT2D eigenvalue weighted by Gasteiger charge is 2.34. The molecule has 2 rings (SSSR count). The fourth-order valence-corrected chi connectivity index (χ4v) is 2.24. The summed E-state index contributed by atoms with van der Waals surface area (Å²) in [6, 6.07) is 1.30. The molecule has 0 bridgehead atoms. The second-order valence-electron chi connectivity index (χ2n) is 5.24. The number of rotatable bonds is 3. The third-order valence-electron chi connectivity index (χ3n) is 3.62. The van der Waals surface area contributed by atoms with Crippen LogP contribution in [0, 0.1) is 0 Å². The van der Waals surface area contributed by atoms with Gasteiger partial charge in [0.05, 0.1) is 0 Å². The van der Waals surface area contributed by atoms with Gasteiger partial charge in [0.15, 0.2) is 5.69 Å². The molecule has 118 valence electrons. The Hall–Kier alpha value is -1.57. The van der Waals surface area contributed by atoms with Crippen molar-refractivity contribution < 1.29 is 13.2 Å². The van der Waals surface area contributed by atoms with E-state index in [1.54, 1.807) is 6.92 Å². The molecule has 0 amide bonds. The van der Waals surface area contributed by atoms with Gasteiger partial charge < -0.3 is 15.1 Å². The summed E-state index contributed by atoms with van der Waals surface area (Å²) < 4.78 is 38.8. The van der Waals surface area contributed by atoms with Crippen LogP contribution in [0.4, 0.5) is 24.9 Å². The zero-order chi connectivity index (χ0) is 15.6. The van der Waals surface area contributed by atoms with Gasteiger partial charge in [-0.1, -0.05) is 0 Å². The first-order valence-electron chi connectivity index (χ1n) is 6.96. The summed E-state index contributed by atoms with van der Waals surface area (Å²) >= 11 is 0. The van der Waals surface area contributed by atoms with Crippen molar-refractivity contribution in [1.29, 1.82) is 0 Å². The highest BCUT2D eigenvalue weighted by atomic mass is 19.4. The Morgan fingerprint density at radius 3 is 2.62 bits per heavy atom. The molecule has 1 aromatic heterocycles. The first-order chi connectivity index (χ1) is 9.81. The highest BCUT2D eigenvalue weighted by molar-refractivity contribution is 5.46. The molecule has 0 aromatic carbocycles. The van der Waals surface area contributed by atoms with Gasteiger partial charge in [0, 0.05) is 38.3 Å². The second-order valence-corrected chi connectivity index (χ2v) is 5.24. The van der Waals surface area contributed by atoms with E-state index in [4.69, 9.17) is 0 Å². The topological polar surface area (TPSA) is 44.3 Å². The third-order valence-corrected chi connectivity index (χ3v) is 3.62. The van der Waals surface area contributed by atoms with Crippen molar-refractivity contribution in [3.63, 3.8) is 0 Å². The molecule has 1 aliphatic rings. The van der Waals surface area contributed by atoms with Crippen LogP contribution in [0.3, 0.4) is 0 Å². The highest BCUT2D eigenvalue weighted by Crippen LogP contribution is 2.31. The summed E-state index contributed by atoms with van der Waals surface area (Å²) in [6.07, 6.45) is -4.47. The van der Waals surface area contributed by atoms with Gasteiger partial charge in [-0.2, -0.15) is 18.2 Å². The van der Waals surface area contributed by atoms with Gasteiger partial charge in [-0.25, -0.2) is 4.98 Å². The average molecular weight is 303 g/mol. The first kappa shape index (κ1) is 15.8. The number of halogens is 3. The van der Waals surface area contributed by atoms with Crippen LogP contribution in [-0.2, 0) is 6.18 Å². The first-order valence-corrected chi connectivity index (χ1v) is 6.96. The van der Waals surface area contributed by atoms with Gasteiger partial charge in [0.1, 0.15) is 5.82 Å². The summed E-state index contributed by atoms with van der Waals surface area (Å²) in [7, 11) is 2.01. The van der Waals surface area contributed by atoms with Crippen LogP contribution in [0.15, 0.2) is 6.07 Å². The Balaban J connectivity index is 2.31. The van der Waals surface area contributed by atoms with E-state index in [1.807, 2.05) is 18.9 Å². The Labute approximate surface area is 122 Å². The van der Waals surface area contributed by atoms with Crippen LogP contribution in [0.5, 0.6) is 0 Å². The molecule has 21 heavy (non-hydrogen) atoms. The predicted octanol–water partition coefficient (Wildman–Crippen LogP) is 2.07. The SMILES string of the molecule is CCNc1nc(N2CCN(C)C(C)C2)cc(C(F)(F)F)n1. The van der Waals surface area contributed by atoms with E-state index in [0.717, 1.165) is 12.6 Å². The maximum atomic E-state index is 12.9. The molecule has 0 saturated carbocycles. The van der Waals surface area contributed by atoms with Crippen molar-refractivity contribution in [3.05, 3.63) is 11.8 Å². The lowest BCUT2D eigenvalue weighted by atomic mass is 10.2. The smallest absolute Gasteiger partial charge is 0.354 e. The molecule has 0 spiro atoms. The molecule has 1 saturated heterocycles. The van der Waals surface area contributed by atoms with E-state index in [9.17, 15) is 13.2 Å². The Morgan fingerprint density at radius 1 is 1.33 bits per heavy atom. The normalized spacial score (nSPS) is 20.7. The lowest BCUT2D eigenvalue weighted by Gasteiger charge is -2.38. The molecule has 1 fully saturated rings. The molecule has 2 heterocycles. The molecule has 1 aromatic rings. The summed E-state index contributed by atoms with van der Waals surface area (Å²) in [5.74, 6) is 0.349. The van der Waals surface area contributed by atoms with E-state index >= 15 is 0 Å². The monoisotopic (exact) mass is 303 g/mol. The van der Waals surface area contributed by atoms with Gasteiger partial charge in [-0.05, 0) is 20.9 Å². The number of likely N-dealkylation sites (N-methyl/N-ethyl adjacent to an activating group) is 1. The molecule has 1 unspecified atom stereocenters. The number of hydrogen-bond acceptors (Lipinski definition) is 5. The maximum Gasteiger partial charge on any atom is 0.433 e. The van der Waals surface area contributed by atoms with E-state index < -0.39 is 11.9 Å². The number of aromatic nitrogens is 2. The molecule has 5 nitrogen and oxygen atoms in total. The summed E-state index contributed by atoms with van der Waals surface area (Å²) in [5, 5.41) is 2.76. The van der Waals surface area contributed by atoms with Crippen molar-refractivity contribution in [2.24, 2.45) is 0 Å². The fourth-order valence-electron chi connectivity index (χ4n) is 2.24. The number of hydrogen-bond donors (Lipinski definition) is 1. The zero-order valence-electron chi connectivity index (χ0n) is 12.4. The van der Waals surface area contributed by atoms with Crippen LogP contribution < -0.4 is 10.2 Å². The van der Waals surface area contributed by atoms with Crippen molar-refractivity contribution >= 4 is 11.8 Å². The molecule has 0 radical (unpaired) electrons. The second kappa shape index (κ2) is 6.05. The van der Waals surface area contributed by atoms with E-state index in [1.165, 1.54) is 0 Å². The predicted molar refractivity (Wildman–Crippen MR) is 75.5 cm³/mol. The van der Waals surface area contributed by atoms with Crippen molar-refractivity contribution in [3.8, 4) is 0 Å². The van der Waals surface area contributed by atoms with Crippen molar-refractivity contribution in [1.82, 2.24) is 14.9 Å². The number of piperazine rings is 1. The molecule has 1 atom stereocenters. The average Bonchev–Trinajstić information content (AvgIpc) is 2.41. The van der Waals surface area contributed by atoms with Gasteiger partial charge >= 0.3 is 6.18 Å². The molecule has 8 heteroatoms. The quantitative estimate of drug-likeness (QED) is 0.926. The summed E-state index contributed by atoms with van der Waals surface area (Å²) in [6.45, 7) is 6.41. The molecule has 1 N–H and O–H groups in total. The Kier molecular flexibility index (Phi) is 4.55. The number of alkyl halides is 3. The van der Waals surface area contributed by atoms with Gasteiger partial charge in [0.25, 0.3) is 0 Å². The van der Waals surface area contributed by atoms with Crippen LogP contribution in [0.1, 0.15) is 19.5 Å². The Bertz CT molecular complexity index is 491. The lowest BCUT2D eigenvalue weighted by Crippen LogP contribution is -2.50. The zero-order valence-corrected chi connectivity index (χ0v) is 12.4. The molecule has 0 aliphatic carbocycles. The van der Waals surface area contributed by atoms with Gasteiger partial charge in [0.2, 0.25) is 5.95 Å². The largest absolute Gasteiger partial charge is 0.433 e. The Morgan fingerprint density at radius 2 is 2.05 bits per heavy atom. The molecular formula is C13H20F3N5. The summed E-state index contributed by atoms with van der Waals surface area (Å²) in [5.41, 5.74) is -0.907. The minimum absolute atomic E-state index is 0.0221. The van der Waals surface area contributed by atoms with Gasteiger partial charge in [-0.3, -0.25) is 0 Å². The van der Waals surface area contributed by atoms with E-state index in [0.29, 0.717) is 25.5 Å². The number of anilines is 2. The van der Waals surface area contributed by atoms with Crippen molar-refractivity contribution in [2.75, 3.05) is 43.4 Å². The lowest BCUT2D eigenvalue weighted by molar-refractivity contribution is -0.141. The van der Waals surface area contributed by atoms with Crippen molar-refractivity contribution in [2.45, 2.75) is 26.1 Å². The fraction of sp³-hybridized carbons (Fsp3) is 0.692. The van der Waals surface area contributed by atoms with Crippen LogP contribution in [0.25, 0.3) is 0 Å². The third kappa shape index (κ3) is 3.75. The minimum atomic E-state index is -4.47. The van der Waals surface area contributed by atoms with Crippen LogP contribution in [0.2, 0.25) is 0 Å². The van der Waals surface area contributed by atoms with E-state index in [-0.39, 0.29) is 12.0 Å². The molecule has 1 aliphatic heterocycles. The van der Waals surface area contributed by atoms with E-state index in [2.05, 4.69) is 20.2 Å². The number of nitrogens with zero attached hydrogens (tertiary/aromatic N) is 4.